The van der Waals surface area contributed by atoms with Gasteiger partial charge in [-0.1, -0.05) is 18.2 Å². The average molecular weight is 471 g/mol. The van der Waals surface area contributed by atoms with Gasteiger partial charge in [-0.2, -0.15) is 4.31 Å². The molecule has 2 aromatic rings. The van der Waals surface area contributed by atoms with E-state index in [0.717, 1.165) is 19.3 Å². The predicted molar refractivity (Wildman–Crippen MR) is 123 cm³/mol. The van der Waals surface area contributed by atoms with Crippen LogP contribution in [0.15, 0.2) is 53.4 Å². The highest BCUT2D eigenvalue weighted by Gasteiger charge is 2.26. The molecule has 1 N–H and O–H groups in total. The summed E-state index contributed by atoms with van der Waals surface area (Å²) in [5.74, 6) is -1.07. The maximum atomic E-state index is 12.6. The monoisotopic (exact) mass is 470 g/mol. The third-order valence-corrected chi connectivity index (χ3v) is 7.54. The molecule has 2 aromatic carbocycles. The smallest absolute Gasteiger partial charge is 0.331 e. The molecule has 0 unspecified atom stereocenters. The van der Waals surface area contributed by atoms with Crippen molar-refractivity contribution in [2.45, 2.75) is 24.2 Å². The summed E-state index contributed by atoms with van der Waals surface area (Å²) < 4.78 is 36.9. The number of hydrogen-bond donors (Lipinski definition) is 1. The lowest BCUT2D eigenvalue weighted by Crippen LogP contribution is -2.40. The van der Waals surface area contributed by atoms with Gasteiger partial charge in [-0.05, 0) is 66.3 Å². The maximum Gasteiger partial charge on any atom is 0.331 e. The molecule has 0 spiro atoms. The van der Waals surface area contributed by atoms with E-state index in [1.165, 1.54) is 39.7 Å². The minimum absolute atomic E-state index is 0.187. The van der Waals surface area contributed by atoms with Crippen molar-refractivity contribution >= 4 is 33.7 Å². The highest BCUT2D eigenvalue weighted by Crippen LogP contribution is 2.25. The summed E-state index contributed by atoms with van der Waals surface area (Å²) in [6, 6.07) is 12.1. The van der Waals surface area contributed by atoms with Crippen LogP contribution in [-0.2, 0) is 41.9 Å². The molecule has 9 heteroatoms. The number of ether oxygens (including phenoxy) is 2. The normalized spacial score (nSPS) is 16.5. The minimum atomic E-state index is -3.56. The van der Waals surface area contributed by atoms with Crippen LogP contribution in [-0.4, -0.2) is 57.5 Å². The zero-order chi connectivity index (χ0) is 23.3. The predicted octanol–water partition coefficient (Wildman–Crippen LogP) is 2.39. The van der Waals surface area contributed by atoms with Crippen molar-refractivity contribution in [1.82, 2.24) is 4.31 Å². The highest BCUT2D eigenvalue weighted by atomic mass is 32.2. The maximum absolute atomic E-state index is 12.6. The number of nitrogens with zero attached hydrogens (tertiary/aromatic N) is 1. The third kappa shape index (κ3) is 5.87. The van der Waals surface area contributed by atoms with Gasteiger partial charge in [0.1, 0.15) is 0 Å². The molecule has 1 aliphatic carbocycles. The van der Waals surface area contributed by atoms with Crippen molar-refractivity contribution in [2.24, 2.45) is 0 Å². The van der Waals surface area contributed by atoms with E-state index in [2.05, 4.69) is 5.32 Å². The molecule has 0 radical (unpaired) electrons. The SMILES string of the molecule is O=C(COC(=O)/C=C\c1ccc(S(=O)(=O)N2CCOCC2)cc1)Nc1ccc2c(c1)CCC2. The van der Waals surface area contributed by atoms with E-state index in [9.17, 15) is 18.0 Å². The Morgan fingerprint density at radius 2 is 1.76 bits per heavy atom. The first-order valence-electron chi connectivity index (χ1n) is 10.9. The Morgan fingerprint density at radius 3 is 2.52 bits per heavy atom. The van der Waals surface area contributed by atoms with E-state index in [1.807, 2.05) is 18.2 Å². The molecular formula is C24H26N2O6S. The van der Waals surface area contributed by atoms with Crippen LogP contribution in [0.25, 0.3) is 6.08 Å². The Morgan fingerprint density at radius 1 is 1.03 bits per heavy atom. The van der Waals surface area contributed by atoms with E-state index < -0.39 is 28.5 Å². The van der Waals surface area contributed by atoms with Gasteiger partial charge >= 0.3 is 5.97 Å². The second-order valence-corrected chi connectivity index (χ2v) is 9.85. The number of benzene rings is 2. The minimum Gasteiger partial charge on any atom is -0.452 e. The lowest BCUT2D eigenvalue weighted by Gasteiger charge is -2.26. The van der Waals surface area contributed by atoms with Gasteiger partial charge in [-0.3, -0.25) is 4.79 Å². The Kier molecular flexibility index (Phi) is 7.22. The molecule has 0 saturated carbocycles. The number of anilines is 1. The number of rotatable bonds is 7. The summed E-state index contributed by atoms with van der Waals surface area (Å²) in [5.41, 5.74) is 3.89. The number of esters is 1. The van der Waals surface area contributed by atoms with E-state index in [1.54, 1.807) is 12.1 Å². The first-order chi connectivity index (χ1) is 15.9. The Balaban J connectivity index is 1.26. The first kappa shape index (κ1) is 23.2. The van der Waals surface area contributed by atoms with Gasteiger partial charge < -0.3 is 14.8 Å². The van der Waals surface area contributed by atoms with Crippen molar-refractivity contribution in [1.29, 1.82) is 0 Å². The summed E-state index contributed by atoms with van der Waals surface area (Å²) in [5, 5.41) is 2.74. The van der Waals surface area contributed by atoms with Crippen LogP contribution >= 0.6 is 0 Å². The van der Waals surface area contributed by atoms with Crippen molar-refractivity contribution in [3.05, 3.63) is 65.2 Å². The van der Waals surface area contributed by atoms with Crippen LogP contribution < -0.4 is 5.32 Å². The van der Waals surface area contributed by atoms with Crippen molar-refractivity contribution in [2.75, 3.05) is 38.2 Å². The highest BCUT2D eigenvalue weighted by molar-refractivity contribution is 7.89. The number of carbonyl (C=O) groups is 2. The standard InChI is InChI=1S/C24H26N2O6S/c27-23(25-21-8-7-19-2-1-3-20(19)16-21)17-32-24(28)11-6-18-4-9-22(10-5-18)33(29,30)26-12-14-31-15-13-26/h4-11,16H,1-3,12-15,17H2,(H,25,27)/b11-6-. The number of hydrogen-bond acceptors (Lipinski definition) is 6. The van der Waals surface area contributed by atoms with Gasteiger partial charge in [0.25, 0.3) is 5.91 Å². The van der Waals surface area contributed by atoms with Gasteiger partial charge in [0.2, 0.25) is 10.0 Å². The van der Waals surface area contributed by atoms with Gasteiger partial charge in [0, 0.05) is 24.9 Å². The number of carbonyl (C=O) groups excluding carboxylic acids is 2. The van der Waals surface area contributed by atoms with Crippen LogP contribution in [0.1, 0.15) is 23.1 Å². The number of aryl methyl sites for hydroxylation is 2. The van der Waals surface area contributed by atoms with Gasteiger partial charge in [0.05, 0.1) is 18.1 Å². The van der Waals surface area contributed by atoms with E-state index in [4.69, 9.17) is 9.47 Å². The second kappa shape index (κ2) is 10.3. The quantitative estimate of drug-likeness (QED) is 0.493. The molecule has 8 nitrogen and oxygen atoms in total. The summed E-state index contributed by atoms with van der Waals surface area (Å²) in [6.07, 6.45) is 5.92. The number of fused-ring (bicyclic) bond motifs is 1. The molecule has 1 aliphatic heterocycles. The second-order valence-electron chi connectivity index (χ2n) is 7.91. The molecule has 174 valence electrons. The molecule has 2 aliphatic rings. The summed E-state index contributed by atoms with van der Waals surface area (Å²) in [7, 11) is -3.56. The Labute approximate surface area is 193 Å². The molecule has 1 fully saturated rings. The topological polar surface area (TPSA) is 102 Å². The molecule has 1 saturated heterocycles. The molecule has 33 heavy (non-hydrogen) atoms. The molecule has 4 rings (SSSR count). The fourth-order valence-corrected chi connectivity index (χ4v) is 5.29. The molecule has 1 amide bonds. The van der Waals surface area contributed by atoms with Crippen LogP contribution in [0.5, 0.6) is 0 Å². The number of amides is 1. The van der Waals surface area contributed by atoms with Gasteiger partial charge in [0.15, 0.2) is 6.61 Å². The zero-order valence-corrected chi connectivity index (χ0v) is 19.0. The van der Waals surface area contributed by atoms with E-state index in [-0.39, 0.29) is 4.90 Å². The lowest BCUT2D eigenvalue weighted by molar-refractivity contribution is -0.142. The molecular weight excluding hydrogens is 444 g/mol. The molecule has 0 aromatic heterocycles. The molecule has 0 atom stereocenters. The zero-order valence-electron chi connectivity index (χ0n) is 18.2. The Bertz CT molecular complexity index is 1150. The van der Waals surface area contributed by atoms with E-state index >= 15 is 0 Å². The first-order valence-corrected chi connectivity index (χ1v) is 12.3. The molecule has 0 bridgehead atoms. The van der Waals surface area contributed by atoms with E-state index in [0.29, 0.717) is 37.6 Å². The fourth-order valence-electron chi connectivity index (χ4n) is 3.88. The van der Waals surface area contributed by atoms with Gasteiger partial charge in [-0.25, -0.2) is 13.2 Å². The van der Waals surface area contributed by atoms with Gasteiger partial charge in [-0.15, -0.1) is 0 Å². The average Bonchev–Trinajstić information content (AvgIpc) is 3.30. The number of morpholine rings is 1. The van der Waals surface area contributed by atoms with Crippen molar-refractivity contribution in [3.63, 3.8) is 0 Å². The fraction of sp³-hybridized carbons (Fsp3) is 0.333. The van der Waals surface area contributed by atoms with Crippen LogP contribution in [0.3, 0.4) is 0 Å². The summed E-state index contributed by atoms with van der Waals surface area (Å²) in [4.78, 5) is 24.2. The molecule has 1 heterocycles. The lowest BCUT2D eigenvalue weighted by atomic mass is 10.1. The Hall–Kier alpha value is -3.01. The number of nitrogens with one attached hydrogen (secondary N) is 1. The van der Waals surface area contributed by atoms with Crippen LogP contribution in [0.4, 0.5) is 5.69 Å². The summed E-state index contributed by atoms with van der Waals surface area (Å²) in [6.45, 7) is 1.03. The van der Waals surface area contributed by atoms with Crippen LogP contribution in [0, 0.1) is 0 Å². The summed E-state index contributed by atoms with van der Waals surface area (Å²) >= 11 is 0. The van der Waals surface area contributed by atoms with Crippen molar-refractivity contribution in [3.8, 4) is 0 Å². The van der Waals surface area contributed by atoms with Crippen LogP contribution in [0.2, 0.25) is 0 Å². The number of sulfonamides is 1. The van der Waals surface area contributed by atoms with Crippen molar-refractivity contribution < 1.29 is 27.5 Å². The third-order valence-electron chi connectivity index (χ3n) is 5.63. The largest absolute Gasteiger partial charge is 0.452 e.